The van der Waals surface area contributed by atoms with Crippen molar-refractivity contribution in [3.05, 3.63) is 21.6 Å². The summed E-state index contributed by atoms with van der Waals surface area (Å²) in [5, 5.41) is 0.221. The minimum atomic E-state index is -3.50. The van der Waals surface area contributed by atoms with Crippen molar-refractivity contribution >= 4 is 43.2 Å². The Labute approximate surface area is 102 Å². The SMILES string of the molecule is CN(C)S(=O)(=O)c1cc(Cl)c(N)cc1Br. The minimum absolute atomic E-state index is 0.103. The highest BCUT2D eigenvalue weighted by molar-refractivity contribution is 9.10. The Morgan fingerprint density at radius 2 is 1.93 bits per heavy atom. The molecule has 0 amide bonds. The summed E-state index contributed by atoms with van der Waals surface area (Å²) < 4.78 is 25.1. The molecule has 1 aromatic rings. The molecular formula is C8H10BrClN2O2S. The molecule has 0 unspecified atom stereocenters. The van der Waals surface area contributed by atoms with Crippen molar-refractivity contribution in [2.24, 2.45) is 0 Å². The molecule has 1 rings (SSSR count). The van der Waals surface area contributed by atoms with Gasteiger partial charge in [-0.2, -0.15) is 0 Å². The van der Waals surface area contributed by atoms with Gasteiger partial charge < -0.3 is 5.73 Å². The number of sulfonamides is 1. The van der Waals surface area contributed by atoms with E-state index in [-0.39, 0.29) is 9.92 Å². The van der Waals surface area contributed by atoms with Gasteiger partial charge in [0, 0.05) is 18.6 Å². The van der Waals surface area contributed by atoms with Crippen molar-refractivity contribution in [2.45, 2.75) is 4.90 Å². The summed E-state index contributed by atoms with van der Waals surface area (Å²) in [6.07, 6.45) is 0. The van der Waals surface area contributed by atoms with Crippen LogP contribution in [-0.2, 0) is 10.0 Å². The maximum atomic E-state index is 11.8. The molecule has 0 aromatic heterocycles. The smallest absolute Gasteiger partial charge is 0.243 e. The zero-order chi connectivity index (χ0) is 11.8. The van der Waals surface area contributed by atoms with Crippen LogP contribution in [0.5, 0.6) is 0 Å². The van der Waals surface area contributed by atoms with E-state index >= 15 is 0 Å². The highest BCUT2D eigenvalue weighted by Crippen LogP contribution is 2.31. The van der Waals surface area contributed by atoms with Crippen molar-refractivity contribution in [3.63, 3.8) is 0 Å². The fourth-order valence-electron chi connectivity index (χ4n) is 0.938. The lowest BCUT2D eigenvalue weighted by molar-refractivity contribution is 0.520. The number of anilines is 1. The summed E-state index contributed by atoms with van der Waals surface area (Å²) in [4.78, 5) is 0.103. The summed E-state index contributed by atoms with van der Waals surface area (Å²) in [5.74, 6) is 0. The molecule has 0 bridgehead atoms. The average molecular weight is 314 g/mol. The molecule has 84 valence electrons. The van der Waals surface area contributed by atoms with E-state index in [1.807, 2.05) is 0 Å². The fraction of sp³-hybridized carbons (Fsp3) is 0.250. The number of nitrogens with zero attached hydrogens (tertiary/aromatic N) is 1. The molecule has 4 nitrogen and oxygen atoms in total. The van der Waals surface area contributed by atoms with E-state index in [4.69, 9.17) is 17.3 Å². The predicted molar refractivity (Wildman–Crippen MR) is 64.4 cm³/mol. The van der Waals surface area contributed by atoms with Gasteiger partial charge in [0.15, 0.2) is 0 Å². The third-order valence-corrected chi connectivity index (χ3v) is 4.91. The third kappa shape index (κ3) is 2.44. The van der Waals surface area contributed by atoms with Crippen molar-refractivity contribution < 1.29 is 8.42 Å². The zero-order valence-electron chi connectivity index (χ0n) is 8.16. The maximum Gasteiger partial charge on any atom is 0.243 e. The van der Waals surface area contributed by atoms with E-state index in [1.165, 1.54) is 26.2 Å². The molecule has 0 fully saturated rings. The van der Waals surface area contributed by atoms with Crippen LogP contribution in [0, 0.1) is 0 Å². The summed E-state index contributed by atoms with van der Waals surface area (Å²) in [6, 6.07) is 2.80. The van der Waals surface area contributed by atoms with Crippen molar-refractivity contribution in [2.75, 3.05) is 19.8 Å². The Bertz CT molecular complexity index is 488. The van der Waals surface area contributed by atoms with Gasteiger partial charge in [0.25, 0.3) is 0 Å². The molecule has 0 aliphatic rings. The second-order valence-electron chi connectivity index (χ2n) is 3.09. The lowest BCUT2D eigenvalue weighted by Crippen LogP contribution is -2.22. The Hall–Kier alpha value is -0.300. The van der Waals surface area contributed by atoms with Gasteiger partial charge in [-0.25, -0.2) is 12.7 Å². The number of hydrogen-bond donors (Lipinski definition) is 1. The summed E-state index contributed by atoms with van der Waals surface area (Å²) in [7, 11) is -0.600. The van der Waals surface area contributed by atoms with Crippen LogP contribution in [0.25, 0.3) is 0 Å². The van der Waals surface area contributed by atoms with Crippen molar-refractivity contribution in [3.8, 4) is 0 Å². The lowest BCUT2D eigenvalue weighted by Gasteiger charge is -2.13. The summed E-state index contributed by atoms with van der Waals surface area (Å²) >= 11 is 8.91. The molecule has 0 atom stereocenters. The van der Waals surface area contributed by atoms with Crippen LogP contribution in [0.4, 0.5) is 5.69 Å². The first kappa shape index (κ1) is 12.8. The second-order valence-corrected chi connectivity index (χ2v) is 6.47. The zero-order valence-corrected chi connectivity index (χ0v) is 11.3. The first-order valence-corrected chi connectivity index (χ1v) is 6.55. The number of hydrogen-bond acceptors (Lipinski definition) is 3. The highest BCUT2D eigenvalue weighted by atomic mass is 79.9. The van der Waals surface area contributed by atoms with Gasteiger partial charge in [-0.3, -0.25) is 0 Å². The van der Waals surface area contributed by atoms with Gasteiger partial charge in [0.2, 0.25) is 10.0 Å². The molecule has 0 radical (unpaired) electrons. The molecule has 7 heteroatoms. The first-order chi connectivity index (χ1) is 6.76. The normalized spacial score (nSPS) is 12.1. The third-order valence-electron chi connectivity index (χ3n) is 1.81. The molecule has 15 heavy (non-hydrogen) atoms. The Morgan fingerprint density at radius 3 is 2.40 bits per heavy atom. The molecule has 2 N–H and O–H groups in total. The van der Waals surface area contributed by atoms with Gasteiger partial charge in [0.05, 0.1) is 15.6 Å². The molecule has 1 aromatic carbocycles. The fourth-order valence-corrected chi connectivity index (χ4v) is 3.11. The Kier molecular flexibility index (Phi) is 3.65. The van der Waals surface area contributed by atoms with Crippen molar-refractivity contribution in [1.29, 1.82) is 0 Å². The highest BCUT2D eigenvalue weighted by Gasteiger charge is 2.21. The summed E-state index contributed by atoms with van der Waals surface area (Å²) in [6.45, 7) is 0. The number of halogens is 2. The number of rotatable bonds is 2. The molecule has 0 heterocycles. The van der Waals surface area contributed by atoms with Crippen LogP contribution in [0.1, 0.15) is 0 Å². The monoisotopic (exact) mass is 312 g/mol. The van der Waals surface area contributed by atoms with Gasteiger partial charge >= 0.3 is 0 Å². The molecule has 0 saturated carbocycles. The van der Waals surface area contributed by atoms with Crippen LogP contribution in [0.2, 0.25) is 5.02 Å². The van der Waals surface area contributed by atoms with E-state index < -0.39 is 10.0 Å². The van der Waals surface area contributed by atoms with E-state index in [0.717, 1.165) is 4.31 Å². The average Bonchev–Trinajstić information content (AvgIpc) is 2.10. The van der Waals surface area contributed by atoms with Gasteiger partial charge in [-0.15, -0.1) is 0 Å². The van der Waals surface area contributed by atoms with Crippen molar-refractivity contribution in [1.82, 2.24) is 4.31 Å². The van der Waals surface area contributed by atoms with Gasteiger partial charge in [0.1, 0.15) is 0 Å². The van der Waals surface area contributed by atoms with Gasteiger partial charge in [-0.1, -0.05) is 11.6 Å². The number of nitrogens with two attached hydrogens (primary N) is 1. The Morgan fingerprint density at radius 1 is 1.40 bits per heavy atom. The molecule has 0 aliphatic heterocycles. The largest absolute Gasteiger partial charge is 0.397 e. The standard InChI is InChI=1S/C8H10BrClN2O2S/c1-12(2)15(13,14)8-4-6(10)7(11)3-5(8)9/h3-4H,11H2,1-2H3. The Balaban J connectivity index is 3.46. The van der Waals surface area contributed by atoms with Crippen LogP contribution >= 0.6 is 27.5 Å². The molecule has 0 spiro atoms. The molecule has 0 saturated heterocycles. The van der Waals surface area contributed by atoms with Crippen LogP contribution < -0.4 is 5.73 Å². The molecule has 0 aliphatic carbocycles. The number of benzene rings is 1. The predicted octanol–water partition coefficient (Wildman–Crippen LogP) is 1.94. The number of nitrogen functional groups attached to an aromatic ring is 1. The van der Waals surface area contributed by atoms with E-state index in [1.54, 1.807) is 0 Å². The first-order valence-electron chi connectivity index (χ1n) is 3.94. The second kappa shape index (κ2) is 4.29. The van der Waals surface area contributed by atoms with E-state index in [2.05, 4.69) is 15.9 Å². The quantitative estimate of drug-likeness (QED) is 0.849. The maximum absolute atomic E-state index is 11.8. The van der Waals surface area contributed by atoms with E-state index in [9.17, 15) is 8.42 Å². The van der Waals surface area contributed by atoms with Crippen LogP contribution in [0.3, 0.4) is 0 Å². The van der Waals surface area contributed by atoms with Gasteiger partial charge in [-0.05, 0) is 28.1 Å². The summed E-state index contributed by atoms with van der Waals surface area (Å²) in [5.41, 5.74) is 5.87. The van der Waals surface area contributed by atoms with E-state index in [0.29, 0.717) is 10.2 Å². The molecular weight excluding hydrogens is 304 g/mol. The van der Waals surface area contributed by atoms with Crippen LogP contribution in [0.15, 0.2) is 21.5 Å². The minimum Gasteiger partial charge on any atom is -0.397 e. The van der Waals surface area contributed by atoms with Crippen LogP contribution in [-0.4, -0.2) is 26.8 Å². The topological polar surface area (TPSA) is 63.4 Å². The lowest BCUT2D eigenvalue weighted by atomic mass is 10.3.